The Kier molecular flexibility index (Phi) is 3.78. The van der Waals surface area contributed by atoms with Crippen molar-refractivity contribution in [2.45, 2.75) is 31.8 Å². The third kappa shape index (κ3) is 2.33. The van der Waals surface area contributed by atoms with Crippen molar-refractivity contribution in [2.75, 3.05) is 11.9 Å². The Morgan fingerprint density at radius 2 is 2.50 bits per heavy atom. The van der Waals surface area contributed by atoms with Gasteiger partial charge in [0.05, 0.1) is 12.2 Å². The fraction of sp³-hybridized carbons (Fsp3) is 0.800. The Hall–Kier alpha value is 0.180. The molecule has 0 amide bonds. The first-order valence-electron chi connectivity index (χ1n) is 4.53. The zero-order valence-electron chi connectivity index (χ0n) is 7.68. The molecule has 0 spiro atoms. The number of hydrogen-bond donors (Lipinski definition) is 0. The molecule has 0 aromatic heterocycles. The van der Waals surface area contributed by atoms with Crippen LogP contribution in [0.5, 0.6) is 0 Å². The minimum atomic E-state index is 0.105. The molecule has 0 aliphatic carbocycles. The van der Waals surface area contributed by atoms with Crippen LogP contribution < -0.4 is 0 Å². The van der Waals surface area contributed by atoms with Gasteiger partial charge in [0.25, 0.3) is 0 Å². The van der Waals surface area contributed by atoms with Gasteiger partial charge in [0.15, 0.2) is 0 Å². The summed E-state index contributed by atoms with van der Waals surface area (Å²) < 4.78 is 5.81. The smallest absolute Gasteiger partial charge is 0.0785 e. The molecule has 1 nitrogen and oxygen atoms in total. The van der Waals surface area contributed by atoms with Gasteiger partial charge in [0.2, 0.25) is 0 Å². The van der Waals surface area contributed by atoms with Crippen molar-refractivity contribution in [1.29, 1.82) is 0 Å². The summed E-state index contributed by atoms with van der Waals surface area (Å²) >= 11 is 3.53. The zero-order chi connectivity index (χ0) is 9.03. The highest BCUT2D eigenvalue weighted by Crippen LogP contribution is 2.35. The molecular weight excluding hydrogens is 216 g/mol. The second-order valence-corrected chi connectivity index (χ2v) is 4.33. The predicted octanol–water partition coefficient (Wildman–Crippen LogP) is 3.14. The van der Waals surface area contributed by atoms with Crippen LogP contribution >= 0.6 is 15.9 Å². The van der Waals surface area contributed by atoms with Crippen molar-refractivity contribution in [3.05, 3.63) is 12.7 Å². The molecule has 0 aromatic rings. The fourth-order valence-electron chi connectivity index (χ4n) is 1.77. The molecular formula is C10H17BrO. The van der Waals surface area contributed by atoms with E-state index in [9.17, 15) is 0 Å². The first-order chi connectivity index (χ1) is 5.72. The minimum absolute atomic E-state index is 0.105. The fourth-order valence-corrected chi connectivity index (χ4v) is 2.44. The van der Waals surface area contributed by atoms with Crippen LogP contribution in [0.2, 0.25) is 0 Å². The van der Waals surface area contributed by atoms with Crippen LogP contribution in [-0.2, 0) is 4.74 Å². The average Bonchev–Trinajstić information content (AvgIpc) is 2.45. The lowest BCUT2D eigenvalue weighted by Gasteiger charge is -2.25. The Labute approximate surface area is 83.3 Å². The molecule has 2 unspecified atom stereocenters. The van der Waals surface area contributed by atoms with Crippen LogP contribution in [0.25, 0.3) is 0 Å². The van der Waals surface area contributed by atoms with Crippen molar-refractivity contribution in [3.8, 4) is 0 Å². The summed E-state index contributed by atoms with van der Waals surface area (Å²) in [4.78, 5) is 0. The van der Waals surface area contributed by atoms with Crippen molar-refractivity contribution in [1.82, 2.24) is 0 Å². The summed E-state index contributed by atoms with van der Waals surface area (Å²) in [6, 6.07) is 0. The van der Waals surface area contributed by atoms with E-state index in [0.717, 1.165) is 24.8 Å². The van der Waals surface area contributed by atoms with E-state index in [1.807, 2.05) is 6.08 Å². The molecule has 2 heteroatoms. The lowest BCUT2D eigenvalue weighted by atomic mass is 9.92. The third-order valence-corrected chi connectivity index (χ3v) is 3.46. The Balaban J connectivity index is 2.46. The zero-order valence-corrected chi connectivity index (χ0v) is 9.27. The lowest BCUT2D eigenvalue weighted by Crippen LogP contribution is -2.29. The molecule has 12 heavy (non-hydrogen) atoms. The summed E-state index contributed by atoms with van der Waals surface area (Å²) in [5.41, 5.74) is 0.105. The number of alkyl halides is 1. The number of allylic oxidation sites excluding steroid dienone is 1. The first-order valence-corrected chi connectivity index (χ1v) is 5.65. The minimum Gasteiger partial charge on any atom is -0.374 e. The third-order valence-electron chi connectivity index (χ3n) is 2.44. The summed E-state index contributed by atoms with van der Waals surface area (Å²) in [5, 5.41) is 0.957. The van der Waals surface area contributed by atoms with Crippen molar-refractivity contribution in [2.24, 2.45) is 5.92 Å². The summed E-state index contributed by atoms with van der Waals surface area (Å²) in [7, 11) is 0. The molecule has 1 saturated heterocycles. The van der Waals surface area contributed by atoms with Gasteiger partial charge in [-0.1, -0.05) is 28.9 Å². The highest BCUT2D eigenvalue weighted by Gasteiger charge is 2.36. The van der Waals surface area contributed by atoms with Crippen molar-refractivity contribution in [3.63, 3.8) is 0 Å². The van der Waals surface area contributed by atoms with Crippen LogP contribution in [0, 0.1) is 5.92 Å². The van der Waals surface area contributed by atoms with Gasteiger partial charge in [0, 0.05) is 5.33 Å². The molecule has 0 aromatic carbocycles. The maximum Gasteiger partial charge on any atom is 0.0785 e. The van der Waals surface area contributed by atoms with E-state index in [1.54, 1.807) is 0 Å². The first kappa shape index (κ1) is 10.3. The largest absolute Gasteiger partial charge is 0.374 e. The SMILES string of the molecule is C=CCCC1(CBr)CC(C)CO1. The van der Waals surface area contributed by atoms with Crippen LogP contribution in [0.15, 0.2) is 12.7 Å². The number of rotatable bonds is 4. The van der Waals surface area contributed by atoms with E-state index in [0.29, 0.717) is 5.92 Å². The van der Waals surface area contributed by atoms with Gasteiger partial charge < -0.3 is 4.74 Å². The number of hydrogen-bond acceptors (Lipinski definition) is 1. The second kappa shape index (κ2) is 4.43. The molecule has 0 bridgehead atoms. The number of halogens is 1. The number of ether oxygens (including phenoxy) is 1. The van der Waals surface area contributed by atoms with Crippen molar-refractivity contribution < 1.29 is 4.74 Å². The monoisotopic (exact) mass is 232 g/mol. The van der Waals surface area contributed by atoms with Gasteiger partial charge in [-0.15, -0.1) is 6.58 Å². The molecule has 2 atom stereocenters. The Bertz CT molecular complexity index is 158. The topological polar surface area (TPSA) is 9.23 Å². The Morgan fingerprint density at radius 1 is 1.75 bits per heavy atom. The standard InChI is InChI=1S/C10H17BrO/c1-3-4-5-10(8-11)6-9(2)7-12-10/h3,9H,1,4-8H2,2H3. The molecule has 1 aliphatic rings. The molecule has 0 radical (unpaired) electrons. The Morgan fingerprint density at radius 3 is 2.92 bits per heavy atom. The predicted molar refractivity (Wildman–Crippen MR) is 55.7 cm³/mol. The van der Waals surface area contributed by atoms with Crippen molar-refractivity contribution >= 4 is 15.9 Å². The lowest BCUT2D eigenvalue weighted by molar-refractivity contribution is 0.0183. The van der Waals surface area contributed by atoms with Gasteiger partial charge >= 0.3 is 0 Å². The molecule has 70 valence electrons. The van der Waals surface area contributed by atoms with Gasteiger partial charge in [0.1, 0.15) is 0 Å². The summed E-state index contributed by atoms with van der Waals surface area (Å²) in [6.45, 7) is 6.90. The van der Waals surface area contributed by atoms with Gasteiger partial charge in [-0.2, -0.15) is 0 Å². The van der Waals surface area contributed by atoms with Gasteiger partial charge in [-0.05, 0) is 25.2 Å². The highest BCUT2D eigenvalue weighted by atomic mass is 79.9. The van der Waals surface area contributed by atoms with Crippen LogP contribution in [0.4, 0.5) is 0 Å². The van der Waals surface area contributed by atoms with Gasteiger partial charge in [-0.25, -0.2) is 0 Å². The quantitative estimate of drug-likeness (QED) is 0.535. The molecule has 1 aliphatic heterocycles. The molecule has 0 N–H and O–H groups in total. The maximum absolute atomic E-state index is 5.81. The van der Waals surface area contributed by atoms with E-state index < -0.39 is 0 Å². The molecule has 1 rings (SSSR count). The summed E-state index contributed by atoms with van der Waals surface area (Å²) in [6.07, 6.45) is 5.31. The molecule has 0 saturated carbocycles. The van der Waals surface area contributed by atoms with E-state index >= 15 is 0 Å². The summed E-state index contributed by atoms with van der Waals surface area (Å²) in [5.74, 6) is 0.715. The second-order valence-electron chi connectivity index (χ2n) is 3.76. The van der Waals surface area contributed by atoms with Crippen LogP contribution in [0.3, 0.4) is 0 Å². The van der Waals surface area contributed by atoms with Crippen LogP contribution in [-0.4, -0.2) is 17.5 Å². The van der Waals surface area contributed by atoms with E-state index in [-0.39, 0.29) is 5.60 Å². The normalized spacial score (nSPS) is 35.3. The van der Waals surface area contributed by atoms with E-state index in [2.05, 4.69) is 29.4 Å². The molecule has 1 heterocycles. The average molecular weight is 233 g/mol. The van der Waals surface area contributed by atoms with Crippen LogP contribution in [0.1, 0.15) is 26.2 Å². The van der Waals surface area contributed by atoms with E-state index in [4.69, 9.17) is 4.74 Å². The maximum atomic E-state index is 5.81. The molecule has 1 fully saturated rings. The van der Waals surface area contributed by atoms with Gasteiger partial charge in [-0.3, -0.25) is 0 Å². The van der Waals surface area contributed by atoms with E-state index in [1.165, 1.54) is 6.42 Å². The highest BCUT2D eigenvalue weighted by molar-refractivity contribution is 9.09.